The number of ether oxygens (including phenoxy) is 6. The zero-order valence-electron chi connectivity index (χ0n) is 23.0. The number of hydrogen-bond donors (Lipinski definition) is 0. The summed E-state index contributed by atoms with van der Waals surface area (Å²) in [6.07, 6.45) is -1.77. The van der Waals surface area contributed by atoms with Crippen molar-refractivity contribution in [3.05, 3.63) is 144 Å². The van der Waals surface area contributed by atoms with Gasteiger partial charge in [0.25, 0.3) is 0 Å². The summed E-state index contributed by atoms with van der Waals surface area (Å²) in [7, 11) is 0. The Bertz CT molecular complexity index is 1320. The van der Waals surface area contributed by atoms with Crippen LogP contribution in [0.5, 0.6) is 0 Å². The topological polar surface area (TPSA) is 55.4 Å². The zero-order chi connectivity index (χ0) is 27.7. The van der Waals surface area contributed by atoms with Crippen LogP contribution in [0.3, 0.4) is 0 Å². The summed E-state index contributed by atoms with van der Waals surface area (Å²) >= 11 is 0. The molecule has 41 heavy (non-hydrogen) atoms. The Balaban J connectivity index is 1.26. The largest absolute Gasteiger partial charge is 0.371 e. The fourth-order valence-corrected chi connectivity index (χ4v) is 5.44. The average Bonchev–Trinajstić information content (AvgIpc) is 3.41. The average molecular weight is 553 g/mol. The summed E-state index contributed by atoms with van der Waals surface area (Å²) in [5.74, 6) is -1.12. The van der Waals surface area contributed by atoms with Gasteiger partial charge < -0.3 is 28.4 Å². The number of benzene rings is 4. The van der Waals surface area contributed by atoms with E-state index in [2.05, 4.69) is 24.3 Å². The molecule has 0 spiro atoms. The lowest BCUT2D eigenvalue weighted by Gasteiger charge is -2.46. The van der Waals surface area contributed by atoms with Crippen LogP contribution in [0.15, 0.2) is 121 Å². The molecule has 0 amide bonds. The highest BCUT2D eigenvalue weighted by Gasteiger charge is 2.62. The van der Waals surface area contributed by atoms with Gasteiger partial charge >= 0.3 is 0 Å². The van der Waals surface area contributed by atoms with Gasteiger partial charge in [0.1, 0.15) is 31.0 Å². The maximum absolute atomic E-state index is 6.68. The molecular formula is C35H36O6. The van der Waals surface area contributed by atoms with E-state index in [9.17, 15) is 0 Å². The molecule has 212 valence electrons. The molecule has 4 aromatic carbocycles. The van der Waals surface area contributed by atoms with Crippen molar-refractivity contribution in [1.29, 1.82) is 0 Å². The zero-order valence-corrected chi connectivity index (χ0v) is 23.0. The van der Waals surface area contributed by atoms with Crippen LogP contribution in [0.4, 0.5) is 0 Å². The van der Waals surface area contributed by atoms with Gasteiger partial charge in [-0.25, -0.2) is 0 Å². The summed E-state index contributed by atoms with van der Waals surface area (Å²) < 4.78 is 39.2. The van der Waals surface area contributed by atoms with Gasteiger partial charge in [-0.05, 0) is 22.3 Å². The second kappa shape index (κ2) is 13.5. The molecule has 5 atom stereocenters. The normalized spacial score (nSPS) is 25.3. The SMILES string of the molecule is c1ccc(COC[C@@]23OC[C@@H](O2)[C@H](OCc2ccccc2)[C@@H](OCc2ccccc2)[C@@H]3OCc2ccccc2)cc1. The first kappa shape index (κ1) is 27.8. The van der Waals surface area contributed by atoms with Gasteiger partial charge in [-0.2, -0.15) is 0 Å². The van der Waals surface area contributed by atoms with E-state index in [1.807, 2.05) is 97.1 Å². The van der Waals surface area contributed by atoms with Gasteiger partial charge in [0.2, 0.25) is 5.79 Å². The van der Waals surface area contributed by atoms with Crippen LogP contribution in [0.1, 0.15) is 22.3 Å². The lowest BCUT2D eigenvalue weighted by molar-refractivity contribution is -0.334. The Kier molecular flexibility index (Phi) is 9.17. The Morgan fingerprint density at radius 1 is 0.537 bits per heavy atom. The molecule has 2 heterocycles. The van der Waals surface area contributed by atoms with Crippen molar-refractivity contribution >= 4 is 0 Å². The Hall–Kier alpha value is -3.36. The molecule has 0 unspecified atom stereocenters. The smallest absolute Gasteiger partial charge is 0.222 e. The fraction of sp³-hybridized carbons (Fsp3) is 0.314. The van der Waals surface area contributed by atoms with Gasteiger partial charge in [0.05, 0.1) is 33.0 Å². The molecular weight excluding hydrogens is 516 g/mol. The third kappa shape index (κ3) is 6.93. The molecule has 2 bridgehead atoms. The van der Waals surface area contributed by atoms with Crippen molar-refractivity contribution in [2.45, 2.75) is 56.6 Å². The molecule has 2 aliphatic heterocycles. The Morgan fingerprint density at radius 3 is 1.49 bits per heavy atom. The maximum atomic E-state index is 6.68. The summed E-state index contributed by atoms with van der Waals surface area (Å²) in [4.78, 5) is 0. The minimum Gasteiger partial charge on any atom is -0.371 e. The molecule has 0 saturated carbocycles. The second-order valence-corrected chi connectivity index (χ2v) is 10.5. The standard InChI is InChI=1S/C35H36O6/c1-5-13-27(14-6-1)21-36-26-35-34(39-24-30-19-11-4-12-20-30)33(38-23-29-17-9-3-10-18-29)32(31(41-35)25-40-35)37-22-28-15-7-2-8-16-28/h1-20,31-34H,21-26H2/t31-,32+,33-,34+,35-/m1/s1. The molecule has 4 aromatic rings. The summed E-state index contributed by atoms with van der Waals surface area (Å²) in [5.41, 5.74) is 4.29. The van der Waals surface area contributed by atoms with Crippen LogP contribution in [-0.4, -0.2) is 43.4 Å². The molecule has 2 aliphatic rings. The van der Waals surface area contributed by atoms with Gasteiger partial charge in [-0.15, -0.1) is 0 Å². The molecule has 0 aromatic heterocycles. The Morgan fingerprint density at radius 2 is 0.976 bits per heavy atom. The van der Waals surface area contributed by atoms with Gasteiger partial charge in [0, 0.05) is 0 Å². The second-order valence-electron chi connectivity index (χ2n) is 10.5. The van der Waals surface area contributed by atoms with Crippen LogP contribution >= 0.6 is 0 Å². The summed E-state index contributed by atoms with van der Waals surface area (Å²) in [5, 5.41) is 0. The lowest BCUT2D eigenvalue weighted by atomic mass is 9.94. The third-order valence-corrected chi connectivity index (χ3v) is 7.52. The minimum atomic E-state index is -1.12. The van der Waals surface area contributed by atoms with Crippen LogP contribution < -0.4 is 0 Å². The molecule has 0 N–H and O–H groups in total. The van der Waals surface area contributed by atoms with E-state index in [-0.39, 0.29) is 12.7 Å². The van der Waals surface area contributed by atoms with Crippen LogP contribution in [0, 0.1) is 0 Å². The summed E-state index contributed by atoms with van der Waals surface area (Å²) in [6, 6.07) is 40.5. The number of hydrogen-bond acceptors (Lipinski definition) is 6. The predicted molar refractivity (Wildman–Crippen MR) is 155 cm³/mol. The third-order valence-electron chi connectivity index (χ3n) is 7.52. The van der Waals surface area contributed by atoms with E-state index in [1.165, 1.54) is 0 Å². The molecule has 6 nitrogen and oxygen atoms in total. The monoisotopic (exact) mass is 552 g/mol. The maximum Gasteiger partial charge on any atom is 0.222 e. The van der Waals surface area contributed by atoms with Gasteiger partial charge in [-0.1, -0.05) is 121 Å². The molecule has 0 aliphatic carbocycles. The van der Waals surface area contributed by atoms with Crippen LogP contribution in [0.2, 0.25) is 0 Å². The number of rotatable bonds is 13. The molecule has 6 rings (SSSR count). The minimum absolute atomic E-state index is 0.203. The fourth-order valence-electron chi connectivity index (χ4n) is 5.44. The van der Waals surface area contributed by atoms with E-state index >= 15 is 0 Å². The highest BCUT2D eigenvalue weighted by molar-refractivity contribution is 5.17. The lowest BCUT2D eigenvalue weighted by Crippen LogP contribution is -2.64. The highest BCUT2D eigenvalue weighted by Crippen LogP contribution is 2.42. The van der Waals surface area contributed by atoms with Crippen molar-refractivity contribution in [3.8, 4) is 0 Å². The van der Waals surface area contributed by atoms with Crippen LogP contribution in [0.25, 0.3) is 0 Å². The number of fused-ring (bicyclic) bond motifs is 2. The van der Waals surface area contributed by atoms with Crippen molar-refractivity contribution < 1.29 is 28.4 Å². The molecule has 2 fully saturated rings. The van der Waals surface area contributed by atoms with Crippen molar-refractivity contribution in [1.82, 2.24) is 0 Å². The van der Waals surface area contributed by atoms with E-state index < -0.39 is 24.1 Å². The predicted octanol–water partition coefficient (Wildman–Crippen LogP) is 6.08. The first-order valence-electron chi connectivity index (χ1n) is 14.2. The Labute approximate surface area is 241 Å². The molecule has 0 radical (unpaired) electrons. The molecule has 2 saturated heterocycles. The first-order valence-corrected chi connectivity index (χ1v) is 14.2. The first-order chi connectivity index (χ1) is 20.3. The van der Waals surface area contributed by atoms with E-state index in [0.717, 1.165) is 22.3 Å². The quantitative estimate of drug-likeness (QED) is 0.200. The van der Waals surface area contributed by atoms with Gasteiger partial charge in [0.15, 0.2) is 0 Å². The van der Waals surface area contributed by atoms with Crippen molar-refractivity contribution in [2.75, 3.05) is 13.2 Å². The van der Waals surface area contributed by atoms with E-state index in [0.29, 0.717) is 33.0 Å². The highest BCUT2D eigenvalue weighted by atomic mass is 16.8. The summed E-state index contributed by atoms with van der Waals surface area (Å²) in [6.45, 7) is 2.23. The molecule has 6 heteroatoms. The van der Waals surface area contributed by atoms with Crippen molar-refractivity contribution in [2.24, 2.45) is 0 Å². The van der Waals surface area contributed by atoms with Crippen molar-refractivity contribution in [3.63, 3.8) is 0 Å². The van der Waals surface area contributed by atoms with E-state index in [4.69, 9.17) is 28.4 Å². The van der Waals surface area contributed by atoms with Crippen LogP contribution in [-0.2, 0) is 54.8 Å². The van der Waals surface area contributed by atoms with E-state index in [1.54, 1.807) is 0 Å². The van der Waals surface area contributed by atoms with Gasteiger partial charge in [-0.3, -0.25) is 0 Å².